The molecule has 4 nitrogen and oxygen atoms in total. The van der Waals surface area contributed by atoms with Gasteiger partial charge in [-0.1, -0.05) is 44.0 Å². The van der Waals surface area contributed by atoms with Crippen LogP contribution in [-0.2, 0) is 14.0 Å². The van der Waals surface area contributed by atoms with Gasteiger partial charge in [0.05, 0.1) is 12.0 Å². The maximum atomic E-state index is 11.9. The average molecular weight is 405 g/mol. The molecule has 0 unspecified atom stereocenters. The second-order valence-electron chi connectivity index (χ2n) is 4.52. The summed E-state index contributed by atoms with van der Waals surface area (Å²) in [6.07, 6.45) is 3.75. The predicted octanol–water partition coefficient (Wildman–Crippen LogP) is 1.64. The molecule has 3 aliphatic rings. The first kappa shape index (κ1) is 12.4. The summed E-state index contributed by atoms with van der Waals surface area (Å²) in [6.45, 7) is 0. The third-order valence-electron chi connectivity index (χ3n) is 3.81. The summed E-state index contributed by atoms with van der Waals surface area (Å²) in [5, 5.41) is 0. The monoisotopic (exact) mass is 403 g/mol. The zero-order valence-corrected chi connectivity index (χ0v) is 13.1. The number of fused-ring (bicyclic) bond motifs is 3. The Kier molecular flexibility index (Phi) is 2.72. The molecule has 6 atom stereocenters. The Balaban J connectivity index is 1.93. The maximum Gasteiger partial charge on any atom is 0.324 e. The van der Waals surface area contributed by atoms with E-state index in [2.05, 4.69) is 31.9 Å². The molecule has 94 valence electrons. The van der Waals surface area contributed by atoms with Gasteiger partial charge in [0.25, 0.3) is 0 Å². The topological polar surface area (TPSA) is 54.5 Å². The van der Waals surface area contributed by atoms with Crippen molar-refractivity contribution in [3.63, 3.8) is 0 Å². The number of hydrogen-bond acceptors (Lipinski definition) is 3. The van der Waals surface area contributed by atoms with Crippen molar-refractivity contribution in [1.82, 2.24) is 4.31 Å². The van der Waals surface area contributed by atoms with Gasteiger partial charge in [0, 0.05) is 20.3 Å². The zero-order valence-electron chi connectivity index (χ0n) is 8.33. The second kappa shape index (κ2) is 3.71. The van der Waals surface area contributed by atoms with E-state index in [1.165, 1.54) is 0 Å². The van der Waals surface area contributed by atoms with E-state index in [-0.39, 0.29) is 22.6 Å². The second-order valence-corrected chi connectivity index (χ2v) is 9.02. The summed E-state index contributed by atoms with van der Waals surface area (Å²) >= 11 is 7.08. The molecular weight excluding hydrogens is 397 g/mol. The lowest BCUT2D eigenvalue weighted by molar-refractivity contribution is -0.151. The highest BCUT2D eigenvalue weighted by Gasteiger charge is 2.64. The molecule has 0 aromatic carbocycles. The Bertz CT molecular complexity index is 522. The van der Waals surface area contributed by atoms with E-state index in [0.717, 1.165) is 4.31 Å². The Morgan fingerprint density at radius 3 is 2.47 bits per heavy atom. The van der Waals surface area contributed by atoms with Gasteiger partial charge in [0.1, 0.15) is 0 Å². The standard InChI is InChI=1S/C9H8Br2ClNO3S/c10-7-3-1-2-4-6(5(3)8(7)11)9(14)13(4)17(12,15)16/h1-8H/t3-,4+,5+,6-,7+,8-/m0/s1. The van der Waals surface area contributed by atoms with Crippen LogP contribution < -0.4 is 0 Å². The van der Waals surface area contributed by atoms with Crippen molar-refractivity contribution < 1.29 is 13.2 Å². The number of rotatable bonds is 1. The largest absolute Gasteiger partial charge is 0.324 e. The number of allylic oxidation sites excluding steroid dienone is 1. The van der Waals surface area contributed by atoms with E-state index in [9.17, 15) is 13.2 Å². The number of alkyl halides is 2. The number of halogens is 3. The molecule has 1 heterocycles. The van der Waals surface area contributed by atoms with Gasteiger partial charge in [-0.25, -0.2) is 4.31 Å². The zero-order chi connectivity index (χ0) is 12.5. The normalized spacial score (nSPS) is 47.9. The fourth-order valence-corrected chi connectivity index (χ4v) is 6.19. The third kappa shape index (κ3) is 1.52. The summed E-state index contributed by atoms with van der Waals surface area (Å²) in [5.74, 6) is -0.175. The van der Waals surface area contributed by atoms with E-state index in [0.29, 0.717) is 10.7 Å². The Morgan fingerprint density at radius 1 is 1.24 bits per heavy atom. The number of hydrogen-bond donors (Lipinski definition) is 0. The molecule has 0 aromatic heterocycles. The van der Waals surface area contributed by atoms with Gasteiger partial charge in [-0.05, 0) is 11.8 Å². The van der Waals surface area contributed by atoms with Crippen molar-refractivity contribution in [2.24, 2.45) is 17.8 Å². The lowest BCUT2D eigenvalue weighted by atomic mass is 9.59. The van der Waals surface area contributed by atoms with Gasteiger partial charge >= 0.3 is 9.24 Å². The van der Waals surface area contributed by atoms with E-state index in [4.69, 9.17) is 10.7 Å². The molecular formula is C9H8Br2ClNO3S. The van der Waals surface area contributed by atoms with Gasteiger partial charge < -0.3 is 0 Å². The van der Waals surface area contributed by atoms with E-state index in [1.54, 1.807) is 6.08 Å². The number of β-lactam (4-membered cyclic amide) rings is 1. The van der Waals surface area contributed by atoms with Crippen LogP contribution in [0.25, 0.3) is 0 Å². The molecule has 17 heavy (non-hydrogen) atoms. The van der Waals surface area contributed by atoms with Crippen LogP contribution in [0.15, 0.2) is 12.2 Å². The van der Waals surface area contributed by atoms with Crippen LogP contribution in [0, 0.1) is 17.8 Å². The van der Waals surface area contributed by atoms with Gasteiger partial charge in [0.2, 0.25) is 5.91 Å². The lowest BCUT2D eigenvalue weighted by Gasteiger charge is -2.58. The van der Waals surface area contributed by atoms with E-state index < -0.39 is 15.3 Å². The smallest absolute Gasteiger partial charge is 0.273 e. The van der Waals surface area contributed by atoms with Crippen LogP contribution in [-0.4, -0.2) is 34.3 Å². The molecule has 2 fully saturated rings. The molecule has 1 amide bonds. The predicted molar refractivity (Wildman–Crippen MR) is 70.4 cm³/mol. The van der Waals surface area contributed by atoms with Crippen molar-refractivity contribution in [1.29, 1.82) is 0 Å². The number of nitrogens with zero attached hydrogens (tertiary/aromatic N) is 1. The van der Waals surface area contributed by atoms with Crippen molar-refractivity contribution >= 4 is 57.7 Å². The van der Waals surface area contributed by atoms with E-state index >= 15 is 0 Å². The van der Waals surface area contributed by atoms with Crippen molar-refractivity contribution in [2.45, 2.75) is 15.7 Å². The highest BCUT2D eigenvalue weighted by molar-refractivity contribution is 9.12. The summed E-state index contributed by atoms with van der Waals surface area (Å²) in [6, 6.07) is -0.397. The molecule has 1 aliphatic heterocycles. The average Bonchev–Trinajstić information content (AvgIpc) is 2.24. The minimum absolute atomic E-state index is 0.163. The Labute approximate surface area is 120 Å². The first-order valence-corrected chi connectivity index (χ1v) is 9.18. The first-order chi connectivity index (χ1) is 7.84. The SMILES string of the molecule is O=C1[C@@H]2[C@@H]3[C@H](Br)[C@H](Br)[C@H]3C=C[C@H]2N1S(=O)(=O)Cl. The minimum Gasteiger partial charge on any atom is -0.273 e. The van der Waals surface area contributed by atoms with E-state index in [1.807, 2.05) is 6.08 Å². The molecule has 3 rings (SSSR count). The molecule has 1 saturated carbocycles. The van der Waals surface area contributed by atoms with Gasteiger partial charge in [-0.3, -0.25) is 4.79 Å². The van der Waals surface area contributed by atoms with Crippen molar-refractivity contribution in [3.8, 4) is 0 Å². The van der Waals surface area contributed by atoms with Gasteiger partial charge in [-0.15, -0.1) is 0 Å². The molecule has 0 N–H and O–H groups in total. The Morgan fingerprint density at radius 2 is 1.88 bits per heavy atom. The Hall–Kier alpha value is 0.410. The molecule has 0 spiro atoms. The summed E-state index contributed by atoms with van der Waals surface area (Å²) in [4.78, 5) is 12.4. The van der Waals surface area contributed by atoms with Crippen LogP contribution in [0.2, 0.25) is 0 Å². The van der Waals surface area contributed by atoms with Gasteiger partial charge in [0.15, 0.2) is 0 Å². The summed E-state index contributed by atoms with van der Waals surface area (Å²) in [7, 11) is 1.28. The maximum absolute atomic E-state index is 11.9. The molecule has 0 radical (unpaired) electrons. The summed E-state index contributed by atoms with van der Waals surface area (Å²) in [5.41, 5.74) is 0. The molecule has 0 bridgehead atoms. The third-order valence-corrected chi connectivity index (χ3v) is 8.21. The van der Waals surface area contributed by atoms with Gasteiger partial charge in [-0.2, -0.15) is 8.42 Å². The number of carbonyl (C=O) groups is 1. The minimum atomic E-state index is -3.96. The fraction of sp³-hybridized carbons (Fsp3) is 0.667. The van der Waals surface area contributed by atoms with Crippen LogP contribution in [0.5, 0.6) is 0 Å². The molecule has 0 aromatic rings. The summed E-state index contributed by atoms with van der Waals surface area (Å²) < 4.78 is 23.3. The van der Waals surface area contributed by atoms with Crippen molar-refractivity contribution in [2.75, 3.05) is 0 Å². The highest BCUT2D eigenvalue weighted by atomic mass is 79.9. The van der Waals surface area contributed by atoms with Crippen LogP contribution >= 0.6 is 42.5 Å². The molecule has 2 aliphatic carbocycles. The number of amides is 1. The van der Waals surface area contributed by atoms with Crippen LogP contribution in [0.3, 0.4) is 0 Å². The fourth-order valence-electron chi connectivity index (χ4n) is 2.96. The molecule has 8 heteroatoms. The quantitative estimate of drug-likeness (QED) is 0.288. The van der Waals surface area contributed by atoms with Crippen LogP contribution in [0.4, 0.5) is 0 Å². The number of carbonyl (C=O) groups excluding carboxylic acids is 1. The highest BCUT2D eigenvalue weighted by Crippen LogP contribution is 2.56. The van der Waals surface area contributed by atoms with Crippen molar-refractivity contribution in [3.05, 3.63) is 12.2 Å². The van der Waals surface area contributed by atoms with Crippen LogP contribution in [0.1, 0.15) is 0 Å². The lowest BCUT2D eigenvalue weighted by Crippen LogP contribution is -2.70. The first-order valence-electron chi connectivity index (χ1n) is 5.08. The molecule has 1 saturated heterocycles.